The Balaban J connectivity index is 1.53. The van der Waals surface area contributed by atoms with Gasteiger partial charge >= 0.3 is 5.97 Å². The van der Waals surface area contributed by atoms with E-state index in [0.717, 1.165) is 50.9 Å². The van der Waals surface area contributed by atoms with Crippen LogP contribution >= 0.6 is 0 Å². The molecule has 0 aliphatic heterocycles. The first-order chi connectivity index (χ1) is 21.2. The highest BCUT2D eigenvalue weighted by Crippen LogP contribution is 2.40. The summed E-state index contributed by atoms with van der Waals surface area (Å²) in [6.07, 6.45) is 4.77. The van der Waals surface area contributed by atoms with Gasteiger partial charge in [-0.15, -0.1) is 0 Å². The van der Waals surface area contributed by atoms with E-state index in [1.54, 1.807) is 0 Å². The summed E-state index contributed by atoms with van der Waals surface area (Å²) in [6.45, 7) is 14.6. The molecule has 0 amide bonds. The molecule has 1 fully saturated rings. The van der Waals surface area contributed by atoms with Gasteiger partial charge in [-0.3, -0.25) is 4.79 Å². The quantitative estimate of drug-likeness (QED) is 0.139. The number of anilines is 2. The number of carbonyl (C=O) groups is 1. The van der Waals surface area contributed by atoms with E-state index >= 15 is 0 Å². The third kappa shape index (κ3) is 6.80. The Bertz CT molecular complexity index is 1540. The predicted molar refractivity (Wildman–Crippen MR) is 186 cm³/mol. The van der Waals surface area contributed by atoms with Gasteiger partial charge < -0.3 is 15.0 Å². The number of esters is 1. The van der Waals surface area contributed by atoms with Crippen LogP contribution in [-0.2, 0) is 9.53 Å². The standard InChI is InChI=1S/C40H50N2O2/c1-7-40(5,6)39(43)44-37-17-13-12-16-36(37)41-35-27-26-34(32-14-10-11-15-33(32)35)38(29-20-18-28(4)19-21-29)30-22-24-31(25-23-30)42(8-2)9-3/h10-11,14-15,18-27,36-38,41H,7-9,12-13,16-17H2,1-6H3. The lowest BCUT2D eigenvalue weighted by atomic mass is 9.82. The van der Waals surface area contributed by atoms with Crippen LogP contribution in [0.4, 0.5) is 11.4 Å². The fourth-order valence-corrected chi connectivity index (χ4v) is 6.52. The largest absolute Gasteiger partial charge is 0.460 e. The fourth-order valence-electron chi connectivity index (χ4n) is 6.52. The van der Waals surface area contributed by atoms with E-state index in [2.05, 4.69) is 123 Å². The molecule has 4 aromatic rings. The molecule has 1 aliphatic rings. The van der Waals surface area contributed by atoms with Crippen molar-refractivity contribution in [3.05, 3.63) is 107 Å². The lowest BCUT2D eigenvalue weighted by Crippen LogP contribution is -2.42. The van der Waals surface area contributed by atoms with E-state index in [0.29, 0.717) is 0 Å². The number of rotatable bonds is 11. The predicted octanol–water partition coefficient (Wildman–Crippen LogP) is 9.88. The smallest absolute Gasteiger partial charge is 0.311 e. The molecule has 1 N–H and O–H groups in total. The first-order valence-electron chi connectivity index (χ1n) is 16.7. The summed E-state index contributed by atoms with van der Waals surface area (Å²) in [6, 6.07) is 31.5. The number of ether oxygens (including phenoxy) is 1. The minimum Gasteiger partial charge on any atom is -0.460 e. The van der Waals surface area contributed by atoms with Gasteiger partial charge in [0.15, 0.2) is 0 Å². The molecule has 1 aliphatic carbocycles. The van der Waals surface area contributed by atoms with E-state index in [9.17, 15) is 4.79 Å². The highest BCUT2D eigenvalue weighted by Gasteiger charge is 2.34. The third-order valence-corrected chi connectivity index (χ3v) is 9.77. The van der Waals surface area contributed by atoms with Gasteiger partial charge in [-0.05, 0) is 101 Å². The summed E-state index contributed by atoms with van der Waals surface area (Å²) >= 11 is 0. The molecule has 0 heterocycles. The summed E-state index contributed by atoms with van der Waals surface area (Å²) in [5.41, 5.74) is 7.02. The van der Waals surface area contributed by atoms with Gasteiger partial charge in [-0.2, -0.15) is 0 Å². The molecule has 4 nitrogen and oxygen atoms in total. The summed E-state index contributed by atoms with van der Waals surface area (Å²) in [5, 5.41) is 6.30. The second-order valence-corrected chi connectivity index (χ2v) is 13.1. The van der Waals surface area contributed by atoms with Crippen LogP contribution in [0.1, 0.15) is 94.9 Å². The Morgan fingerprint density at radius 3 is 2.09 bits per heavy atom. The van der Waals surface area contributed by atoms with Crippen LogP contribution in [0.5, 0.6) is 0 Å². The summed E-state index contributed by atoms with van der Waals surface area (Å²) in [5.74, 6) is 0.00632. The van der Waals surface area contributed by atoms with Gasteiger partial charge in [0.2, 0.25) is 0 Å². The fraction of sp³-hybridized carbons (Fsp3) is 0.425. The number of benzene rings is 4. The highest BCUT2D eigenvalue weighted by molar-refractivity contribution is 5.97. The zero-order valence-electron chi connectivity index (χ0n) is 27.5. The Labute approximate surface area is 264 Å². The molecule has 1 saturated carbocycles. The van der Waals surface area contributed by atoms with Crippen LogP contribution in [0.15, 0.2) is 84.9 Å². The molecule has 4 aromatic carbocycles. The lowest BCUT2D eigenvalue weighted by molar-refractivity contribution is -0.161. The molecular weight excluding hydrogens is 540 g/mol. The van der Waals surface area contributed by atoms with Crippen LogP contribution < -0.4 is 10.2 Å². The lowest BCUT2D eigenvalue weighted by Gasteiger charge is -2.35. The molecule has 3 unspecified atom stereocenters. The van der Waals surface area contributed by atoms with Crippen molar-refractivity contribution in [3.8, 4) is 0 Å². The SMILES string of the molecule is CCN(CC)c1ccc(C(c2ccc(C)cc2)c2ccc(NC3CCCCC3OC(=O)C(C)(C)CC)c3ccccc23)cc1. The number of fused-ring (bicyclic) bond motifs is 1. The van der Waals surface area contributed by atoms with Gasteiger partial charge in [-0.1, -0.05) is 85.6 Å². The maximum absolute atomic E-state index is 13.0. The number of nitrogens with one attached hydrogen (secondary N) is 1. The van der Waals surface area contributed by atoms with E-state index < -0.39 is 5.41 Å². The van der Waals surface area contributed by atoms with Gasteiger partial charge in [-0.25, -0.2) is 0 Å². The number of aryl methyl sites for hydroxylation is 1. The van der Waals surface area contributed by atoms with Gasteiger partial charge in [0.05, 0.1) is 11.5 Å². The minimum atomic E-state index is -0.467. The average Bonchev–Trinajstić information content (AvgIpc) is 3.05. The van der Waals surface area contributed by atoms with Gasteiger partial charge in [0.25, 0.3) is 0 Å². The number of hydrogen-bond donors (Lipinski definition) is 1. The van der Waals surface area contributed by atoms with Crippen LogP contribution in [0.3, 0.4) is 0 Å². The van der Waals surface area contributed by atoms with Crippen molar-refractivity contribution in [1.82, 2.24) is 0 Å². The number of hydrogen-bond acceptors (Lipinski definition) is 4. The van der Waals surface area contributed by atoms with Crippen molar-refractivity contribution >= 4 is 28.1 Å². The second-order valence-electron chi connectivity index (χ2n) is 13.1. The molecule has 4 heteroatoms. The zero-order valence-corrected chi connectivity index (χ0v) is 27.5. The average molecular weight is 591 g/mol. The molecule has 0 radical (unpaired) electrons. The van der Waals surface area contributed by atoms with Crippen molar-refractivity contribution in [2.75, 3.05) is 23.3 Å². The van der Waals surface area contributed by atoms with Crippen molar-refractivity contribution in [1.29, 1.82) is 0 Å². The van der Waals surface area contributed by atoms with Gasteiger partial charge in [0.1, 0.15) is 6.10 Å². The molecule has 44 heavy (non-hydrogen) atoms. The van der Waals surface area contributed by atoms with Crippen LogP contribution in [0, 0.1) is 12.3 Å². The van der Waals surface area contributed by atoms with Crippen molar-refractivity contribution in [3.63, 3.8) is 0 Å². The number of nitrogens with zero attached hydrogens (tertiary/aromatic N) is 1. The second kappa shape index (κ2) is 13.9. The first kappa shape index (κ1) is 31.6. The van der Waals surface area contributed by atoms with Crippen molar-refractivity contribution in [2.24, 2.45) is 5.41 Å². The van der Waals surface area contributed by atoms with Crippen molar-refractivity contribution < 1.29 is 9.53 Å². The molecule has 5 rings (SSSR count). The van der Waals surface area contributed by atoms with Crippen LogP contribution in [-0.4, -0.2) is 31.2 Å². The third-order valence-electron chi connectivity index (χ3n) is 9.77. The summed E-state index contributed by atoms with van der Waals surface area (Å²) < 4.78 is 6.17. The minimum absolute atomic E-state index is 0.0909. The zero-order chi connectivity index (χ0) is 31.3. The topological polar surface area (TPSA) is 41.6 Å². The molecule has 232 valence electrons. The maximum Gasteiger partial charge on any atom is 0.311 e. The van der Waals surface area contributed by atoms with E-state index in [1.807, 2.05) is 13.8 Å². The first-order valence-corrected chi connectivity index (χ1v) is 16.7. The highest BCUT2D eigenvalue weighted by atomic mass is 16.5. The molecular formula is C40H50N2O2. The molecule has 0 saturated heterocycles. The molecule has 0 bridgehead atoms. The molecule has 0 aromatic heterocycles. The van der Waals surface area contributed by atoms with Crippen LogP contribution in [0.2, 0.25) is 0 Å². The molecule has 3 atom stereocenters. The maximum atomic E-state index is 13.0. The van der Waals surface area contributed by atoms with Gasteiger partial charge in [0, 0.05) is 35.8 Å². The Morgan fingerprint density at radius 1 is 0.841 bits per heavy atom. The van der Waals surface area contributed by atoms with E-state index in [-0.39, 0.29) is 24.0 Å². The van der Waals surface area contributed by atoms with E-state index in [4.69, 9.17) is 4.74 Å². The van der Waals surface area contributed by atoms with Crippen LogP contribution in [0.25, 0.3) is 10.8 Å². The summed E-state index contributed by atoms with van der Waals surface area (Å²) in [4.78, 5) is 15.4. The summed E-state index contributed by atoms with van der Waals surface area (Å²) in [7, 11) is 0. The Hall–Kier alpha value is -3.79. The normalized spacial score (nSPS) is 17.7. The van der Waals surface area contributed by atoms with Crippen molar-refractivity contribution in [2.45, 2.75) is 91.7 Å². The Morgan fingerprint density at radius 2 is 1.45 bits per heavy atom. The number of carbonyl (C=O) groups excluding carboxylic acids is 1. The molecule has 0 spiro atoms. The Kier molecular flexibility index (Phi) is 9.98. The van der Waals surface area contributed by atoms with E-state index in [1.165, 1.54) is 38.7 Å². The monoisotopic (exact) mass is 590 g/mol.